The fraction of sp³-hybridized carbons (Fsp3) is 0.889. The molecule has 2 fully saturated rings. The Labute approximate surface area is 191 Å². The molecule has 4 nitrogen and oxygen atoms in total. The molecule has 0 N–H and O–H groups in total. The third-order valence-electron chi connectivity index (χ3n) is 7.26. The molecule has 4 heteroatoms. The molecule has 31 heavy (non-hydrogen) atoms. The Hall–Kier alpha value is -0.870. The van der Waals surface area contributed by atoms with Crippen LogP contribution in [0.4, 0.5) is 0 Å². The van der Waals surface area contributed by atoms with Crippen LogP contribution >= 0.6 is 0 Å². The van der Waals surface area contributed by atoms with Crippen molar-refractivity contribution in [3.63, 3.8) is 0 Å². The minimum atomic E-state index is -0.336. The molecule has 0 saturated heterocycles. The maximum absolute atomic E-state index is 11.0. The molecular weight excluding hydrogens is 388 g/mol. The molecule has 180 valence electrons. The van der Waals surface area contributed by atoms with Crippen LogP contribution in [0.5, 0.6) is 0 Å². The van der Waals surface area contributed by atoms with Crippen molar-refractivity contribution in [2.24, 2.45) is 11.8 Å². The van der Waals surface area contributed by atoms with E-state index in [-0.39, 0.29) is 5.97 Å². The van der Waals surface area contributed by atoms with Crippen molar-refractivity contribution in [1.82, 2.24) is 0 Å². The van der Waals surface area contributed by atoms with Gasteiger partial charge in [0, 0.05) is 19.3 Å². The Morgan fingerprint density at radius 2 is 1.16 bits per heavy atom. The van der Waals surface area contributed by atoms with Gasteiger partial charge >= 0.3 is 5.97 Å². The van der Waals surface area contributed by atoms with Gasteiger partial charge in [-0.25, -0.2) is 4.79 Å². The summed E-state index contributed by atoms with van der Waals surface area (Å²) in [5.74, 6) is 1.48. The van der Waals surface area contributed by atoms with Crippen LogP contribution in [0.1, 0.15) is 110 Å². The van der Waals surface area contributed by atoms with Gasteiger partial charge in [0.05, 0.1) is 18.8 Å². The molecule has 0 radical (unpaired) electrons. The minimum Gasteiger partial charge on any atom is -0.463 e. The Morgan fingerprint density at radius 1 is 0.710 bits per heavy atom. The maximum atomic E-state index is 11.0. The number of esters is 1. The molecule has 0 bridgehead atoms. The van der Waals surface area contributed by atoms with Gasteiger partial charge in [-0.2, -0.15) is 0 Å². The molecule has 0 aliphatic heterocycles. The van der Waals surface area contributed by atoms with Gasteiger partial charge in [0.2, 0.25) is 0 Å². The van der Waals surface area contributed by atoms with Gasteiger partial charge in [-0.05, 0) is 82.5 Å². The van der Waals surface area contributed by atoms with Crippen LogP contribution < -0.4 is 0 Å². The smallest absolute Gasteiger partial charge is 0.330 e. The predicted octanol–water partition coefficient (Wildman–Crippen LogP) is 7.01. The lowest BCUT2D eigenvalue weighted by Gasteiger charge is -2.37. The van der Waals surface area contributed by atoms with E-state index in [0.29, 0.717) is 18.8 Å². The van der Waals surface area contributed by atoms with E-state index < -0.39 is 0 Å². The third kappa shape index (κ3) is 11.5. The normalized spacial score (nSPS) is 26.5. The monoisotopic (exact) mass is 436 g/mol. The van der Waals surface area contributed by atoms with E-state index in [9.17, 15) is 4.79 Å². The lowest BCUT2D eigenvalue weighted by atomic mass is 9.72. The van der Waals surface area contributed by atoms with Crippen molar-refractivity contribution in [3.05, 3.63) is 12.7 Å². The van der Waals surface area contributed by atoms with E-state index in [0.717, 1.165) is 37.9 Å². The van der Waals surface area contributed by atoms with E-state index in [1.165, 1.54) is 96.0 Å². The van der Waals surface area contributed by atoms with Crippen LogP contribution in [0.3, 0.4) is 0 Å². The number of rotatable bonds is 16. The van der Waals surface area contributed by atoms with E-state index in [1.54, 1.807) is 0 Å². The Kier molecular flexibility index (Phi) is 14.2. The molecule has 0 amide bonds. The fourth-order valence-electron chi connectivity index (χ4n) is 5.27. The lowest BCUT2D eigenvalue weighted by molar-refractivity contribution is -0.137. The molecule has 0 atom stereocenters. The Morgan fingerprint density at radius 3 is 1.68 bits per heavy atom. The first kappa shape index (κ1) is 26.4. The summed E-state index contributed by atoms with van der Waals surface area (Å²) in [6.07, 6.45) is 22.4. The summed E-state index contributed by atoms with van der Waals surface area (Å²) in [7, 11) is 0. The van der Waals surface area contributed by atoms with Crippen molar-refractivity contribution >= 4 is 5.97 Å². The summed E-state index contributed by atoms with van der Waals surface area (Å²) in [4.78, 5) is 11.0. The average Bonchev–Trinajstić information content (AvgIpc) is 2.81. The number of carbonyl (C=O) groups is 1. The summed E-state index contributed by atoms with van der Waals surface area (Å²) >= 11 is 0. The Bertz CT molecular complexity index is 462. The van der Waals surface area contributed by atoms with Gasteiger partial charge in [-0.15, -0.1) is 0 Å². The molecule has 0 aromatic rings. The van der Waals surface area contributed by atoms with Crippen LogP contribution in [0.25, 0.3) is 0 Å². The van der Waals surface area contributed by atoms with Crippen LogP contribution in [-0.4, -0.2) is 38.0 Å². The van der Waals surface area contributed by atoms with Crippen molar-refractivity contribution in [1.29, 1.82) is 0 Å². The minimum absolute atomic E-state index is 0.336. The van der Waals surface area contributed by atoms with Gasteiger partial charge in [-0.3, -0.25) is 0 Å². The molecule has 2 aliphatic carbocycles. The van der Waals surface area contributed by atoms with Crippen molar-refractivity contribution in [2.75, 3.05) is 19.8 Å². The number of unbranched alkanes of at least 4 members (excludes halogenated alkanes) is 6. The summed E-state index contributed by atoms with van der Waals surface area (Å²) in [6.45, 7) is 7.89. The van der Waals surface area contributed by atoms with Gasteiger partial charge in [0.1, 0.15) is 0 Å². The van der Waals surface area contributed by atoms with Crippen LogP contribution in [-0.2, 0) is 19.0 Å². The van der Waals surface area contributed by atoms with E-state index in [1.807, 2.05) is 0 Å². The Balaban J connectivity index is 1.45. The van der Waals surface area contributed by atoms with Crippen LogP contribution in [0.2, 0.25) is 0 Å². The van der Waals surface area contributed by atoms with Crippen molar-refractivity contribution in [2.45, 2.75) is 122 Å². The van der Waals surface area contributed by atoms with Gasteiger partial charge in [0.25, 0.3) is 0 Å². The molecule has 2 aliphatic rings. The molecule has 2 saturated carbocycles. The molecule has 0 aromatic heterocycles. The molecule has 2 rings (SSSR count). The molecule has 0 unspecified atom stereocenters. The second kappa shape index (κ2) is 16.7. The second-order valence-corrected chi connectivity index (χ2v) is 9.66. The van der Waals surface area contributed by atoms with Gasteiger partial charge < -0.3 is 14.2 Å². The summed E-state index contributed by atoms with van der Waals surface area (Å²) in [5.41, 5.74) is 0. The van der Waals surface area contributed by atoms with Gasteiger partial charge in [0.15, 0.2) is 0 Å². The molecule has 0 spiro atoms. The summed E-state index contributed by atoms with van der Waals surface area (Å²) in [6, 6.07) is 0. The van der Waals surface area contributed by atoms with Crippen LogP contribution in [0.15, 0.2) is 12.7 Å². The zero-order valence-electron chi connectivity index (χ0n) is 20.2. The fourth-order valence-corrected chi connectivity index (χ4v) is 5.27. The first-order valence-electron chi connectivity index (χ1n) is 13.2. The SMILES string of the molecule is C=CC(=O)OCCCCOC1CCC(C2CCC(OCCCCCCCC)CC2)CC1. The largest absolute Gasteiger partial charge is 0.463 e. The number of carbonyl (C=O) groups excluding carboxylic acids is 1. The average molecular weight is 437 g/mol. The highest BCUT2D eigenvalue weighted by Gasteiger charge is 2.31. The highest BCUT2D eigenvalue weighted by Crippen LogP contribution is 2.39. The summed E-state index contributed by atoms with van der Waals surface area (Å²) < 4.78 is 17.3. The number of hydrogen-bond acceptors (Lipinski definition) is 4. The van der Waals surface area contributed by atoms with E-state index in [4.69, 9.17) is 14.2 Å². The standard InChI is InChI=1S/C27H48O4/c1-3-5-6-7-8-9-20-29-25-16-12-23(13-17-25)24-14-18-26(19-15-24)30-21-10-11-22-31-27(28)4-2/h4,23-26H,2-3,5-22H2,1H3. The number of ether oxygens (including phenoxy) is 3. The first-order chi connectivity index (χ1) is 15.2. The zero-order chi connectivity index (χ0) is 22.2. The predicted molar refractivity (Wildman–Crippen MR) is 127 cm³/mol. The first-order valence-corrected chi connectivity index (χ1v) is 13.2. The third-order valence-corrected chi connectivity index (χ3v) is 7.26. The maximum Gasteiger partial charge on any atom is 0.330 e. The van der Waals surface area contributed by atoms with Crippen molar-refractivity contribution < 1.29 is 19.0 Å². The lowest BCUT2D eigenvalue weighted by Crippen LogP contribution is -2.30. The van der Waals surface area contributed by atoms with Gasteiger partial charge in [-0.1, -0.05) is 45.6 Å². The quantitative estimate of drug-likeness (QED) is 0.148. The highest BCUT2D eigenvalue weighted by molar-refractivity contribution is 5.81. The van der Waals surface area contributed by atoms with Crippen LogP contribution in [0, 0.1) is 11.8 Å². The van der Waals surface area contributed by atoms with E-state index in [2.05, 4.69) is 13.5 Å². The highest BCUT2D eigenvalue weighted by atomic mass is 16.5. The molecule has 0 aromatic carbocycles. The van der Waals surface area contributed by atoms with E-state index >= 15 is 0 Å². The topological polar surface area (TPSA) is 44.8 Å². The molecular formula is C27H48O4. The second-order valence-electron chi connectivity index (χ2n) is 9.66. The number of hydrogen-bond donors (Lipinski definition) is 0. The van der Waals surface area contributed by atoms with Crippen molar-refractivity contribution in [3.8, 4) is 0 Å². The zero-order valence-corrected chi connectivity index (χ0v) is 20.2. The summed E-state index contributed by atoms with van der Waals surface area (Å²) in [5, 5.41) is 0. The molecule has 0 heterocycles.